The van der Waals surface area contributed by atoms with Gasteiger partial charge in [0.15, 0.2) is 0 Å². The van der Waals surface area contributed by atoms with Crippen LogP contribution in [0.15, 0.2) is 0 Å². The van der Waals surface area contributed by atoms with Crippen molar-refractivity contribution < 1.29 is 19.5 Å². The van der Waals surface area contributed by atoms with Crippen molar-refractivity contribution in [2.75, 3.05) is 19.6 Å². The lowest BCUT2D eigenvalue weighted by molar-refractivity contribution is -0.145. The zero-order chi connectivity index (χ0) is 18.4. The average Bonchev–Trinajstić information content (AvgIpc) is 2.78. The van der Waals surface area contributed by atoms with Crippen LogP contribution in [0.2, 0.25) is 0 Å². The molecule has 6 nitrogen and oxygen atoms in total. The first-order valence-corrected chi connectivity index (χ1v) is 9.57. The van der Waals surface area contributed by atoms with Crippen molar-refractivity contribution in [2.24, 2.45) is 5.41 Å². The van der Waals surface area contributed by atoms with Gasteiger partial charge in [0.25, 0.3) is 0 Å². The lowest BCUT2D eigenvalue weighted by Gasteiger charge is -2.35. The highest BCUT2D eigenvalue weighted by molar-refractivity contribution is 5.80. The number of amides is 2. The van der Waals surface area contributed by atoms with Crippen LogP contribution in [0.4, 0.5) is 0 Å². The monoisotopic (exact) mass is 352 g/mol. The third-order valence-electron chi connectivity index (χ3n) is 5.84. The van der Waals surface area contributed by atoms with Gasteiger partial charge in [-0.05, 0) is 37.5 Å². The van der Waals surface area contributed by atoms with Crippen molar-refractivity contribution in [2.45, 2.75) is 77.7 Å². The molecule has 1 aliphatic carbocycles. The number of rotatable bonds is 5. The van der Waals surface area contributed by atoms with E-state index >= 15 is 0 Å². The molecule has 142 valence electrons. The van der Waals surface area contributed by atoms with E-state index in [9.17, 15) is 14.4 Å². The molecule has 0 aromatic carbocycles. The Bertz CT molecular complexity index is 500. The fourth-order valence-electron chi connectivity index (χ4n) is 4.34. The smallest absolute Gasteiger partial charge is 0.323 e. The fourth-order valence-corrected chi connectivity index (χ4v) is 4.34. The molecule has 1 atom stereocenters. The summed E-state index contributed by atoms with van der Waals surface area (Å²) in [6.45, 7) is 4.72. The molecule has 1 N–H and O–H groups in total. The lowest BCUT2D eigenvalue weighted by Crippen LogP contribution is -2.43. The highest BCUT2D eigenvalue weighted by Crippen LogP contribution is 2.39. The number of nitrogens with zero attached hydrogens (tertiary/aromatic N) is 2. The predicted octanol–water partition coefficient (Wildman–Crippen LogP) is 2.66. The van der Waals surface area contributed by atoms with E-state index in [2.05, 4.69) is 6.92 Å². The molecule has 0 spiro atoms. The molecule has 25 heavy (non-hydrogen) atoms. The summed E-state index contributed by atoms with van der Waals surface area (Å²) in [5.41, 5.74) is 0.135. The van der Waals surface area contributed by atoms with Crippen molar-refractivity contribution in [3.63, 3.8) is 0 Å². The largest absolute Gasteiger partial charge is 0.480 e. The van der Waals surface area contributed by atoms with Crippen LogP contribution in [-0.4, -0.2) is 58.4 Å². The molecule has 1 saturated heterocycles. The summed E-state index contributed by atoms with van der Waals surface area (Å²) in [5, 5.41) is 9.03. The Morgan fingerprint density at radius 2 is 1.76 bits per heavy atom. The maximum atomic E-state index is 12.8. The van der Waals surface area contributed by atoms with Crippen LogP contribution in [0, 0.1) is 5.41 Å². The van der Waals surface area contributed by atoms with E-state index in [0.717, 1.165) is 25.7 Å². The topological polar surface area (TPSA) is 77.9 Å². The van der Waals surface area contributed by atoms with E-state index in [1.807, 2.05) is 4.90 Å². The molecule has 1 saturated carbocycles. The van der Waals surface area contributed by atoms with Gasteiger partial charge >= 0.3 is 5.97 Å². The molecule has 0 bridgehead atoms. The Morgan fingerprint density at radius 3 is 2.36 bits per heavy atom. The standard InChI is InChI=1S/C19H32N2O4/c1-15(22)21(14-18(24)25)16-7-6-11-20(12-8-16)17(23)13-19(2)9-4-3-5-10-19/h16H,3-14H2,1-2H3,(H,24,25). The third-order valence-corrected chi connectivity index (χ3v) is 5.84. The molecular weight excluding hydrogens is 320 g/mol. The Kier molecular flexibility index (Phi) is 6.85. The summed E-state index contributed by atoms with van der Waals surface area (Å²) in [6.07, 6.45) is 8.82. The summed E-state index contributed by atoms with van der Waals surface area (Å²) in [7, 11) is 0. The van der Waals surface area contributed by atoms with E-state index in [1.165, 1.54) is 31.1 Å². The van der Waals surface area contributed by atoms with E-state index in [-0.39, 0.29) is 29.8 Å². The summed E-state index contributed by atoms with van der Waals surface area (Å²) < 4.78 is 0. The number of carboxylic acids is 1. The number of hydrogen-bond acceptors (Lipinski definition) is 3. The maximum Gasteiger partial charge on any atom is 0.323 e. The zero-order valence-corrected chi connectivity index (χ0v) is 15.6. The van der Waals surface area contributed by atoms with Crippen LogP contribution in [0.1, 0.15) is 71.6 Å². The van der Waals surface area contributed by atoms with E-state index < -0.39 is 5.97 Å². The van der Waals surface area contributed by atoms with Gasteiger partial charge in [-0.3, -0.25) is 14.4 Å². The van der Waals surface area contributed by atoms with Gasteiger partial charge in [-0.2, -0.15) is 0 Å². The Labute approximate surface area is 150 Å². The first kappa shape index (κ1) is 19.7. The van der Waals surface area contributed by atoms with Crippen LogP contribution in [0.5, 0.6) is 0 Å². The van der Waals surface area contributed by atoms with E-state index in [1.54, 1.807) is 0 Å². The first-order valence-electron chi connectivity index (χ1n) is 9.57. The van der Waals surface area contributed by atoms with Crippen LogP contribution in [0.3, 0.4) is 0 Å². The molecule has 0 aromatic rings. The van der Waals surface area contributed by atoms with E-state index in [4.69, 9.17) is 5.11 Å². The molecule has 1 aliphatic heterocycles. The predicted molar refractivity (Wildman–Crippen MR) is 95.1 cm³/mol. The number of carbonyl (C=O) groups is 3. The normalized spacial score (nSPS) is 23.6. The van der Waals surface area contributed by atoms with Crippen molar-refractivity contribution in [1.29, 1.82) is 0 Å². The van der Waals surface area contributed by atoms with Crippen LogP contribution < -0.4 is 0 Å². The second kappa shape index (κ2) is 8.68. The summed E-state index contributed by atoms with van der Waals surface area (Å²) in [5.74, 6) is -0.975. The highest BCUT2D eigenvalue weighted by Gasteiger charge is 2.33. The molecule has 2 fully saturated rings. The van der Waals surface area contributed by atoms with Crippen molar-refractivity contribution in [1.82, 2.24) is 9.80 Å². The van der Waals surface area contributed by atoms with Crippen LogP contribution in [-0.2, 0) is 14.4 Å². The number of hydrogen-bond donors (Lipinski definition) is 1. The molecular formula is C19H32N2O4. The van der Waals surface area contributed by atoms with Gasteiger partial charge in [-0.25, -0.2) is 0 Å². The molecule has 1 unspecified atom stereocenters. The molecule has 0 aromatic heterocycles. The number of carboxylic acid groups (broad SMARTS) is 1. The van der Waals surface area contributed by atoms with Gasteiger partial charge in [0, 0.05) is 32.5 Å². The van der Waals surface area contributed by atoms with Gasteiger partial charge in [-0.15, -0.1) is 0 Å². The summed E-state index contributed by atoms with van der Waals surface area (Å²) in [6, 6.07) is -0.0864. The second-order valence-corrected chi connectivity index (χ2v) is 8.05. The van der Waals surface area contributed by atoms with Crippen LogP contribution in [0.25, 0.3) is 0 Å². The fraction of sp³-hybridized carbons (Fsp3) is 0.842. The van der Waals surface area contributed by atoms with E-state index in [0.29, 0.717) is 25.9 Å². The molecule has 1 heterocycles. The molecule has 2 aliphatic rings. The first-order chi connectivity index (χ1) is 11.8. The minimum atomic E-state index is -0.988. The maximum absolute atomic E-state index is 12.8. The minimum Gasteiger partial charge on any atom is -0.480 e. The lowest BCUT2D eigenvalue weighted by atomic mass is 9.73. The van der Waals surface area contributed by atoms with Crippen LogP contribution >= 0.6 is 0 Å². The van der Waals surface area contributed by atoms with Crippen molar-refractivity contribution >= 4 is 17.8 Å². The number of aliphatic carboxylic acids is 1. The third kappa shape index (κ3) is 5.72. The average molecular weight is 352 g/mol. The molecule has 0 radical (unpaired) electrons. The Balaban J connectivity index is 1.92. The highest BCUT2D eigenvalue weighted by atomic mass is 16.4. The molecule has 2 amide bonds. The Hall–Kier alpha value is -1.59. The van der Waals surface area contributed by atoms with Crippen molar-refractivity contribution in [3.05, 3.63) is 0 Å². The second-order valence-electron chi connectivity index (χ2n) is 8.05. The SMILES string of the molecule is CC(=O)N(CC(=O)O)C1CCCN(C(=O)CC2(C)CCCCC2)CC1. The zero-order valence-electron chi connectivity index (χ0n) is 15.6. The van der Waals surface area contributed by atoms with Gasteiger partial charge in [-0.1, -0.05) is 26.2 Å². The van der Waals surface area contributed by atoms with Gasteiger partial charge < -0.3 is 14.9 Å². The quantitative estimate of drug-likeness (QED) is 0.825. The summed E-state index contributed by atoms with van der Waals surface area (Å²) >= 11 is 0. The van der Waals surface area contributed by atoms with Gasteiger partial charge in [0.2, 0.25) is 11.8 Å². The van der Waals surface area contributed by atoms with Crippen molar-refractivity contribution in [3.8, 4) is 0 Å². The van der Waals surface area contributed by atoms with Gasteiger partial charge in [0.05, 0.1) is 0 Å². The minimum absolute atomic E-state index is 0.0864. The number of carbonyl (C=O) groups excluding carboxylic acids is 2. The summed E-state index contributed by atoms with van der Waals surface area (Å²) in [4.78, 5) is 38.9. The van der Waals surface area contributed by atoms with Gasteiger partial charge in [0.1, 0.15) is 6.54 Å². The molecule has 6 heteroatoms. The molecule has 2 rings (SSSR count). The Morgan fingerprint density at radius 1 is 1.08 bits per heavy atom. The number of likely N-dealkylation sites (tertiary alicyclic amines) is 1.